The molecule has 0 radical (unpaired) electrons. The van der Waals surface area contributed by atoms with Crippen molar-refractivity contribution in [1.29, 1.82) is 0 Å². The van der Waals surface area contributed by atoms with Crippen LogP contribution in [0.2, 0.25) is 0 Å². The summed E-state index contributed by atoms with van der Waals surface area (Å²) < 4.78 is 0. The molecule has 2 unspecified atom stereocenters. The molecule has 1 saturated heterocycles. The fourth-order valence-electron chi connectivity index (χ4n) is 1.85. The molecule has 2 nitrogen and oxygen atoms in total. The SMILES string of the molecule is CC1CCN(C(=O)CBr)C(C)C1. The second kappa shape index (κ2) is 4.26. The summed E-state index contributed by atoms with van der Waals surface area (Å²) in [6, 6.07) is 0.429. The minimum Gasteiger partial charge on any atom is -0.339 e. The molecule has 0 aromatic heterocycles. The van der Waals surface area contributed by atoms with Crippen LogP contribution in [0, 0.1) is 5.92 Å². The van der Waals surface area contributed by atoms with Gasteiger partial charge < -0.3 is 4.90 Å². The minimum atomic E-state index is 0.231. The zero-order valence-corrected chi connectivity index (χ0v) is 9.30. The number of hydrogen-bond acceptors (Lipinski definition) is 1. The van der Waals surface area contributed by atoms with Crippen LogP contribution >= 0.6 is 15.9 Å². The Kier molecular flexibility index (Phi) is 3.56. The highest BCUT2D eigenvalue weighted by atomic mass is 79.9. The lowest BCUT2D eigenvalue weighted by molar-refractivity contribution is -0.132. The van der Waals surface area contributed by atoms with Crippen molar-refractivity contribution >= 4 is 21.8 Å². The van der Waals surface area contributed by atoms with Gasteiger partial charge in [0.05, 0.1) is 5.33 Å². The molecule has 0 aliphatic carbocycles. The van der Waals surface area contributed by atoms with Gasteiger partial charge in [0, 0.05) is 12.6 Å². The Morgan fingerprint density at radius 2 is 2.25 bits per heavy atom. The molecule has 3 heteroatoms. The molecule has 1 aliphatic rings. The topological polar surface area (TPSA) is 20.3 Å². The van der Waals surface area contributed by atoms with Gasteiger partial charge in [0.25, 0.3) is 0 Å². The third kappa shape index (κ3) is 2.22. The van der Waals surface area contributed by atoms with E-state index in [0.29, 0.717) is 11.4 Å². The zero-order chi connectivity index (χ0) is 9.14. The van der Waals surface area contributed by atoms with Crippen LogP contribution in [0.4, 0.5) is 0 Å². The van der Waals surface area contributed by atoms with Crippen molar-refractivity contribution in [2.75, 3.05) is 11.9 Å². The van der Waals surface area contributed by atoms with Gasteiger partial charge in [0.1, 0.15) is 0 Å². The Morgan fingerprint density at radius 3 is 2.75 bits per heavy atom. The molecule has 12 heavy (non-hydrogen) atoms. The molecular weight excluding hydrogens is 218 g/mol. The molecule has 2 atom stereocenters. The van der Waals surface area contributed by atoms with Gasteiger partial charge in [0.2, 0.25) is 5.91 Å². The standard InChI is InChI=1S/C9H16BrNO/c1-7-3-4-11(8(2)5-7)9(12)6-10/h7-8H,3-6H2,1-2H3. The van der Waals surface area contributed by atoms with Gasteiger partial charge >= 0.3 is 0 Å². The fourth-order valence-corrected chi connectivity index (χ4v) is 2.18. The van der Waals surface area contributed by atoms with Gasteiger partial charge in [-0.15, -0.1) is 0 Å². The number of piperidine rings is 1. The molecule has 70 valence electrons. The summed E-state index contributed by atoms with van der Waals surface area (Å²) in [5.41, 5.74) is 0. The Bertz CT molecular complexity index is 172. The highest BCUT2D eigenvalue weighted by Crippen LogP contribution is 2.22. The second-order valence-electron chi connectivity index (χ2n) is 3.70. The summed E-state index contributed by atoms with van der Waals surface area (Å²) in [6.07, 6.45) is 2.31. The van der Waals surface area contributed by atoms with E-state index in [1.807, 2.05) is 4.90 Å². The van der Waals surface area contributed by atoms with E-state index < -0.39 is 0 Å². The van der Waals surface area contributed by atoms with Gasteiger partial charge in [-0.1, -0.05) is 22.9 Å². The molecule has 0 N–H and O–H groups in total. The molecule has 1 heterocycles. The van der Waals surface area contributed by atoms with Crippen LogP contribution in [0.3, 0.4) is 0 Å². The molecule has 1 amide bonds. The molecule has 1 aliphatic heterocycles. The van der Waals surface area contributed by atoms with E-state index >= 15 is 0 Å². The summed E-state index contributed by atoms with van der Waals surface area (Å²) in [5.74, 6) is 1.01. The maximum Gasteiger partial charge on any atom is 0.233 e. The van der Waals surface area contributed by atoms with Crippen molar-refractivity contribution in [1.82, 2.24) is 4.90 Å². The fraction of sp³-hybridized carbons (Fsp3) is 0.889. The quantitative estimate of drug-likeness (QED) is 0.635. The van der Waals surface area contributed by atoms with Crippen LogP contribution in [0.15, 0.2) is 0 Å². The number of carbonyl (C=O) groups excluding carboxylic acids is 1. The Hall–Kier alpha value is -0.0500. The largest absolute Gasteiger partial charge is 0.339 e. The van der Waals surface area contributed by atoms with E-state index in [9.17, 15) is 4.79 Å². The minimum absolute atomic E-state index is 0.231. The number of hydrogen-bond donors (Lipinski definition) is 0. The first-order chi connectivity index (χ1) is 5.65. The first kappa shape index (κ1) is 10.0. The van der Waals surface area contributed by atoms with Gasteiger partial charge in [-0.05, 0) is 25.7 Å². The van der Waals surface area contributed by atoms with E-state index in [2.05, 4.69) is 29.8 Å². The van der Waals surface area contributed by atoms with Crippen molar-refractivity contribution in [3.63, 3.8) is 0 Å². The molecule has 0 spiro atoms. The summed E-state index contributed by atoms with van der Waals surface area (Å²) in [4.78, 5) is 13.3. The number of nitrogens with zero attached hydrogens (tertiary/aromatic N) is 1. The third-order valence-corrected chi connectivity index (χ3v) is 3.05. The molecule has 1 fully saturated rings. The van der Waals surface area contributed by atoms with Gasteiger partial charge in [-0.3, -0.25) is 4.79 Å². The molecular formula is C9H16BrNO. The molecule has 0 bridgehead atoms. The van der Waals surface area contributed by atoms with Crippen molar-refractivity contribution in [3.8, 4) is 0 Å². The second-order valence-corrected chi connectivity index (χ2v) is 4.26. The summed E-state index contributed by atoms with van der Waals surface area (Å²) in [7, 11) is 0. The average molecular weight is 234 g/mol. The average Bonchev–Trinajstić information content (AvgIpc) is 2.03. The van der Waals surface area contributed by atoms with Crippen LogP contribution in [0.25, 0.3) is 0 Å². The Morgan fingerprint density at radius 1 is 1.58 bits per heavy atom. The van der Waals surface area contributed by atoms with Crippen LogP contribution in [0.1, 0.15) is 26.7 Å². The van der Waals surface area contributed by atoms with E-state index in [0.717, 1.165) is 25.3 Å². The lowest BCUT2D eigenvalue weighted by Gasteiger charge is -2.36. The molecule has 1 rings (SSSR count). The maximum atomic E-state index is 11.4. The van der Waals surface area contributed by atoms with Crippen LogP contribution < -0.4 is 0 Å². The first-order valence-electron chi connectivity index (χ1n) is 4.50. The predicted octanol–water partition coefficient (Wildman–Crippen LogP) is 2.03. The summed E-state index contributed by atoms with van der Waals surface area (Å²) in [5, 5.41) is 0.464. The van der Waals surface area contributed by atoms with Gasteiger partial charge in [0.15, 0.2) is 0 Å². The van der Waals surface area contributed by atoms with Crippen LogP contribution in [0.5, 0.6) is 0 Å². The summed E-state index contributed by atoms with van der Waals surface area (Å²) >= 11 is 3.20. The normalized spacial score (nSPS) is 30.4. The van der Waals surface area contributed by atoms with E-state index in [4.69, 9.17) is 0 Å². The Labute approximate surface area is 82.4 Å². The third-order valence-electron chi connectivity index (χ3n) is 2.57. The van der Waals surface area contributed by atoms with Crippen LogP contribution in [-0.2, 0) is 4.79 Å². The zero-order valence-electron chi connectivity index (χ0n) is 7.72. The lowest BCUT2D eigenvalue weighted by Crippen LogP contribution is -2.44. The van der Waals surface area contributed by atoms with E-state index in [1.165, 1.54) is 0 Å². The predicted molar refractivity (Wildman–Crippen MR) is 53.4 cm³/mol. The molecule has 0 aromatic rings. The molecule has 0 saturated carbocycles. The van der Waals surface area contributed by atoms with Crippen molar-refractivity contribution in [2.24, 2.45) is 5.92 Å². The van der Waals surface area contributed by atoms with Gasteiger partial charge in [-0.2, -0.15) is 0 Å². The monoisotopic (exact) mass is 233 g/mol. The maximum absolute atomic E-state index is 11.4. The van der Waals surface area contributed by atoms with E-state index in [-0.39, 0.29) is 5.91 Å². The molecule has 0 aromatic carbocycles. The number of amides is 1. The van der Waals surface area contributed by atoms with E-state index in [1.54, 1.807) is 0 Å². The number of alkyl halides is 1. The number of halogens is 1. The first-order valence-corrected chi connectivity index (χ1v) is 5.62. The highest BCUT2D eigenvalue weighted by Gasteiger charge is 2.25. The number of likely N-dealkylation sites (tertiary alicyclic amines) is 1. The van der Waals surface area contributed by atoms with Crippen LogP contribution in [-0.4, -0.2) is 28.7 Å². The Balaban J connectivity index is 2.50. The van der Waals surface area contributed by atoms with Crippen molar-refractivity contribution in [3.05, 3.63) is 0 Å². The van der Waals surface area contributed by atoms with Crippen molar-refractivity contribution < 1.29 is 4.79 Å². The highest BCUT2D eigenvalue weighted by molar-refractivity contribution is 9.09. The number of carbonyl (C=O) groups is 1. The van der Waals surface area contributed by atoms with Crippen molar-refractivity contribution in [2.45, 2.75) is 32.7 Å². The number of rotatable bonds is 1. The summed E-state index contributed by atoms with van der Waals surface area (Å²) in [6.45, 7) is 5.33. The lowest BCUT2D eigenvalue weighted by atomic mass is 9.93. The smallest absolute Gasteiger partial charge is 0.233 e. The van der Waals surface area contributed by atoms with Gasteiger partial charge in [-0.25, -0.2) is 0 Å².